The lowest BCUT2D eigenvalue weighted by Crippen LogP contribution is -2.34. The number of hydrogen-bond acceptors (Lipinski definition) is 4. The lowest BCUT2D eigenvalue weighted by atomic mass is 10.1. The normalized spacial score (nSPS) is 15.0. The van der Waals surface area contributed by atoms with Crippen molar-refractivity contribution in [2.45, 2.75) is 46.6 Å². The number of benzene rings is 1. The van der Waals surface area contributed by atoms with Gasteiger partial charge in [0.05, 0.1) is 6.61 Å². The van der Waals surface area contributed by atoms with Gasteiger partial charge in [-0.2, -0.15) is 0 Å². The van der Waals surface area contributed by atoms with Gasteiger partial charge >= 0.3 is 13.5 Å². The predicted octanol–water partition coefficient (Wildman–Crippen LogP) is 4.55. The molecule has 24 heavy (non-hydrogen) atoms. The van der Waals surface area contributed by atoms with Gasteiger partial charge in [0.25, 0.3) is 0 Å². The second kappa shape index (κ2) is 9.65. The van der Waals surface area contributed by atoms with E-state index in [1.54, 1.807) is 13.0 Å². The van der Waals surface area contributed by atoms with Crippen molar-refractivity contribution in [1.82, 2.24) is 5.09 Å². The summed E-state index contributed by atoms with van der Waals surface area (Å²) in [5.41, 5.74) is 1.90. The van der Waals surface area contributed by atoms with E-state index < -0.39 is 19.5 Å². The molecule has 1 aromatic rings. The third-order valence-corrected chi connectivity index (χ3v) is 4.82. The van der Waals surface area contributed by atoms with E-state index in [4.69, 9.17) is 9.26 Å². The standard InChI is InChI=1S/C18H28NO4P/c1-6-8-13-22-18(20)15(4)19-24(5,21)23-17-12-9-11-14(3)16(17)10-7-2/h7,9-12,15H,6,8,13H2,1-5H3,(H,19,21). The smallest absolute Gasteiger partial charge is 0.323 e. The van der Waals surface area contributed by atoms with Crippen LogP contribution in [0.4, 0.5) is 0 Å². The Morgan fingerprint density at radius 2 is 2.12 bits per heavy atom. The highest BCUT2D eigenvalue weighted by Crippen LogP contribution is 2.41. The molecular formula is C18H28NO4P. The van der Waals surface area contributed by atoms with Crippen molar-refractivity contribution in [3.63, 3.8) is 0 Å². The number of ether oxygens (including phenoxy) is 1. The van der Waals surface area contributed by atoms with Crippen LogP contribution in [-0.4, -0.2) is 25.3 Å². The van der Waals surface area contributed by atoms with Crippen molar-refractivity contribution in [2.75, 3.05) is 13.3 Å². The summed E-state index contributed by atoms with van der Waals surface area (Å²) in [6, 6.07) is 4.88. The van der Waals surface area contributed by atoms with E-state index in [1.165, 1.54) is 6.66 Å². The van der Waals surface area contributed by atoms with Crippen LogP contribution in [0.5, 0.6) is 5.75 Å². The quantitative estimate of drug-likeness (QED) is 0.401. The molecule has 6 heteroatoms. The molecule has 0 fully saturated rings. The van der Waals surface area contributed by atoms with Crippen molar-refractivity contribution >= 4 is 19.6 Å². The highest BCUT2D eigenvalue weighted by atomic mass is 31.2. The van der Waals surface area contributed by atoms with Gasteiger partial charge in [0, 0.05) is 12.2 Å². The Morgan fingerprint density at radius 3 is 2.75 bits per heavy atom. The molecular weight excluding hydrogens is 325 g/mol. The highest BCUT2D eigenvalue weighted by molar-refractivity contribution is 7.56. The number of unbranched alkanes of at least 4 members (excludes halogenated alkanes) is 1. The van der Waals surface area contributed by atoms with E-state index in [2.05, 4.69) is 5.09 Å². The Hall–Kier alpha value is -1.58. The van der Waals surface area contributed by atoms with E-state index in [9.17, 15) is 9.36 Å². The van der Waals surface area contributed by atoms with Crippen molar-refractivity contribution in [2.24, 2.45) is 0 Å². The third-order valence-electron chi connectivity index (χ3n) is 3.41. The molecule has 0 aliphatic heterocycles. The molecule has 0 bridgehead atoms. The third kappa shape index (κ3) is 6.50. The van der Waals surface area contributed by atoms with Crippen molar-refractivity contribution in [1.29, 1.82) is 0 Å². The summed E-state index contributed by atoms with van der Waals surface area (Å²) in [6.07, 6.45) is 5.57. The van der Waals surface area contributed by atoms with Gasteiger partial charge < -0.3 is 9.26 Å². The van der Waals surface area contributed by atoms with Crippen molar-refractivity contribution in [3.8, 4) is 5.75 Å². The molecule has 2 atom stereocenters. The van der Waals surface area contributed by atoms with Crippen LogP contribution in [0, 0.1) is 6.92 Å². The van der Waals surface area contributed by atoms with Crippen molar-refractivity contribution in [3.05, 3.63) is 35.4 Å². The van der Waals surface area contributed by atoms with Gasteiger partial charge in [0.15, 0.2) is 0 Å². The van der Waals surface area contributed by atoms with E-state index in [-0.39, 0.29) is 0 Å². The number of allylic oxidation sites excluding steroid dienone is 1. The Balaban J connectivity index is 2.78. The van der Waals surface area contributed by atoms with Crippen LogP contribution in [-0.2, 0) is 14.1 Å². The Bertz CT molecular complexity index is 627. The van der Waals surface area contributed by atoms with Crippen LogP contribution in [0.2, 0.25) is 0 Å². The maximum atomic E-state index is 12.7. The molecule has 0 aliphatic carbocycles. The average molecular weight is 353 g/mol. The Labute approximate surface area is 144 Å². The molecule has 0 radical (unpaired) electrons. The molecule has 0 heterocycles. The molecule has 0 aliphatic rings. The largest absolute Gasteiger partial charge is 0.465 e. The number of aryl methyl sites for hydroxylation is 1. The van der Waals surface area contributed by atoms with E-state index in [1.807, 2.05) is 45.1 Å². The van der Waals surface area contributed by atoms with Gasteiger partial charge in [-0.25, -0.2) is 5.09 Å². The monoisotopic (exact) mass is 353 g/mol. The van der Waals surface area contributed by atoms with Crippen LogP contribution in [0.3, 0.4) is 0 Å². The van der Waals surface area contributed by atoms with Gasteiger partial charge in [-0.15, -0.1) is 0 Å². The van der Waals surface area contributed by atoms with Gasteiger partial charge in [0.2, 0.25) is 0 Å². The topological polar surface area (TPSA) is 64.6 Å². The minimum Gasteiger partial charge on any atom is -0.465 e. The molecule has 0 amide bonds. The minimum atomic E-state index is -3.22. The van der Waals surface area contributed by atoms with Gasteiger partial charge in [-0.1, -0.05) is 37.6 Å². The van der Waals surface area contributed by atoms with Gasteiger partial charge in [-0.3, -0.25) is 9.36 Å². The SMILES string of the molecule is CC=Cc1c(C)cccc1OP(C)(=O)NC(C)C(=O)OCCCC. The fourth-order valence-electron chi connectivity index (χ4n) is 2.17. The number of nitrogens with one attached hydrogen (secondary N) is 1. The number of esters is 1. The molecule has 1 rings (SSSR count). The molecule has 1 N–H and O–H groups in total. The first-order valence-corrected chi connectivity index (χ1v) is 10.3. The molecule has 0 saturated carbocycles. The summed E-state index contributed by atoms with van der Waals surface area (Å²) in [7, 11) is -3.22. The maximum Gasteiger partial charge on any atom is 0.323 e. The zero-order valence-corrected chi connectivity index (χ0v) is 16.1. The number of carbonyl (C=O) groups is 1. The first kappa shape index (κ1) is 20.5. The number of rotatable bonds is 9. The Morgan fingerprint density at radius 1 is 1.42 bits per heavy atom. The fraction of sp³-hybridized carbons (Fsp3) is 0.500. The van der Waals surface area contributed by atoms with Gasteiger partial charge in [0.1, 0.15) is 11.8 Å². The molecule has 134 valence electrons. The van der Waals surface area contributed by atoms with Crippen LogP contribution in [0.15, 0.2) is 24.3 Å². The maximum absolute atomic E-state index is 12.7. The second-order valence-electron chi connectivity index (χ2n) is 5.80. The first-order valence-electron chi connectivity index (χ1n) is 8.24. The predicted molar refractivity (Wildman–Crippen MR) is 98.5 cm³/mol. The molecule has 1 aromatic carbocycles. The van der Waals surface area contributed by atoms with E-state index >= 15 is 0 Å². The summed E-state index contributed by atoms with van der Waals surface area (Å²) in [5, 5.41) is 2.75. The highest BCUT2D eigenvalue weighted by Gasteiger charge is 2.26. The summed E-state index contributed by atoms with van der Waals surface area (Å²) in [5.74, 6) is 0.102. The first-order chi connectivity index (χ1) is 11.3. The minimum absolute atomic E-state index is 0.375. The summed E-state index contributed by atoms with van der Waals surface area (Å²) < 4.78 is 23.6. The summed E-state index contributed by atoms with van der Waals surface area (Å²) in [4.78, 5) is 11.9. The summed E-state index contributed by atoms with van der Waals surface area (Å²) in [6.45, 7) is 9.35. The molecule has 5 nitrogen and oxygen atoms in total. The van der Waals surface area contributed by atoms with Crippen LogP contribution < -0.4 is 9.61 Å². The van der Waals surface area contributed by atoms with E-state index in [0.29, 0.717) is 12.4 Å². The second-order valence-corrected chi connectivity index (χ2v) is 7.93. The molecule has 0 spiro atoms. The van der Waals surface area contributed by atoms with Crippen LogP contribution >= 0.6 is 7.52 Å². The van der Waals surface area contributed by atoms with Gasteiger partial charge in [-0.05, 0) is 38.8 Å². The lowest BCUT2D eigenvalue weighted by molar-refractivity contribution is -0.145. The zero-order valence-electron chi connectivity index (χ0n) is 15.2. The van der Waals surface area contributed by atoms with Crippen molar-refractivity contribution < 1.29 is 18.6 Å². The molecule has 0 aromatic heterocycles. The number of hydrogen-bond donors (Lipinski definition) is 1. The molecule has 2 unspecified atom stereocenters. The Kier molecular flexibility index (Phi) is 8.23. The molecule has 0 saturated heterocycles. The van der Waals surface area contributed by atoms with Crippen LogP contribution in [0.25, 0.3) is 6.08 Å². The average Bonchev–Trinajstić information content (AvgIpc) is 2.50. The number of carbonyl (C=O) groups excluding carboxylic acids is 1. The van der Waals surface area contributed by atoms with E-state index in [0.717, 1.165) is 24.0 Å². The zero-order chi connectivity index (χ0) is 18.2. The fourth-order valence-corrected chi connectivity index (χ4v) is 3.57. The van der Waals surface area contributed by atoms with Crippen LogP contribution in [0.1, 0.15) is 44.7 Å². The summed E-state index contributed by atoms with van der Waals surface area (Å²) >= 11 is 0. The lowest BCUT2D eigenvalue weighted by Gasteiger charge is -2.21.